The molecule has 0 spiro atoms. The van der Waals surface area contributed by atoms with E-state index in [2.05, 4.69) is 12.2 Å². The Morgan fingerprint density at radius 3 is 2.91 bits per heavy atom. The Morgan fingerprint density at radius 1 is 1.35 bits per heavy atom. The van der Waals surface area contributed by atoms with Crippen LogP contribution < -0.4 is 15.0 Å². The van der Waals surface area contributed by atoms with Crippen molar-refractivity contribution in [3.05, 3.63) is 18.2 Å². The van der Waals surface area contributed by atoms with Crippen LogP contribution in [-0.2, 0) is 9.59 Å². The van der Waals surface area contributed by atoms with Crippen LogP contribution in [0.3, 0.4) is 0 Å². The van der Waals surface area contributed by atoms with E-state index in [0.29, 0.717) is 18.8 Å². The molecule has 0 aromatic heterocycles. The van der Waals surface area contributed by atoms with Crippen molar-refractivity contribution in [2.45, 2.75) is 39.0 Å². The van der Waals surface area contributed by atoms with Crippen molar-refractivity contribution in [2.75, 3.05) is 29.9 Å². The second-order valence-corrected chi connectivity index (χ2v) is 5.65. The first-order valence-corrected chi connectivity index (χ1v) is 8.14. The zero-order chi connectivity index (χ0) is 16.7. The summed E-state index contributed by atoms with van der Waals surface area (Å²) in [5.74, 6) is -0.174. The number of amides is 1. The molecule has 6 heteroatoms. The minimum absolute atomic E-state index is 0.0308. The molecule has 2 N–H and O–H groups in total. The number of carbonyl (C=O) groups is 2. The highest BCUT2D eigenvalue weighted by atomic mass is 16.5. The number of aliphatic carboxylic acids is 1. The Labute approximate surface area is 136 Å². The van der Waals surface area contributed by atoms with E-state index in [1.165, 1.54) is 6.42 Å². The average Bonchev–Trinajstić information content (AvgIpc) is 2.53. The van der Waals surface area contributed by atoms with Crippen LogP contribution in [0.1, 0.15) is 39.0 Å². The highest BCUT2D eigenvalue weighted by Gasteiger charge is 2.25. The molecule has 0 radical (unpaired) electrons. The lowest BCUT2D eigenvalue weighted by molar-refractivity contribution is -0.136. The number of benzene rings is 1. The van der Waals surface area contributed by atoms with Gasteiger partial charge in [0.1, 0.15) is 5.75 Å². The summed E-state index contributed by atoms with van der Waals surface area (Å²) < 4.78 is 5.48. The molecule has 1 aliphatic rings. The molecule has 1 aliphatic heterocycles. The summed E-state index contributed by atoms with van der Waals surface area (Å²) in [6.45, 7) is 3.27. The maximum atomic E-state index is 12.1. The average molecular weight is 320 g/mol. The zero-order valence-corrected chi connectivity index (χ0v) is 13.5. The molecular weight excluding hydrogens is 296 g/mol. The molecule has 1 amide bonds. The summed E-state index contributed by atoms with van der Waals surface area (Å²) in [5, 5.41) is 11.8. The third kappa shape index (κ3) is 4.87. The van der Waals surface area contributed by atoms with Gasteiger partial charge in [-0.1, -0.05) is 26.2 Å². The monoisotopic (exact) mass is 320 g/mol. The predicted molar refractivity (Wildman–Crippen MR) is 89.2 cm³/mol. The first-order valence-electron chi connectivity index (χ1n) is 8.14. The van der Waals surface area contributed by atoms with Gasteiger partial charge in [0.05, 0.1) is 12.1 Å². The van der Waals surface area contributed by atoms with Crippen LogP contribution in [0.5, 0.6) is 5.75 Å². The van der Waals surface area contributed by atoms with Gasteiger partial charge < -0.3 is 20.1 Å². The fourth-order valence-corrected chi connectivity index (χ4v) is 2.57. The first-order chi connectivity index (χ1) is 11.1. The highest BCUT2D eigenvalue weighted by molar-refractivity contribution is 5.98. The van der Waals surface area contributed by atoms with E-state index in [4.69, 9.17) is 9.84 Å². The number of carboxylic acids is 1. The number of fused-ring (bicyclic) bond motifs is 1. The SMILES string of the molecule is CCCCCCN1C(=O)COc2ccc(NCCC(=O)O)cc21. The highest BCUT2D eigenvalue weighted by Crippen LogP contribution is 2.34. The summed E-state index contributed by atoms with van der Waals surface area (Å²) in [4.78, 5) is 24.5. The van der Waals surface area contributed by atoms with Crippen molar-refractivity contribution >= 4 is 23.3 Å². The summed E-state index contributed by atoms with van der Waals surface area (Å²) in [6.07, 6.45) is 4.45. The van der Waals surface area contributed by atoms with Gasteiger partial charge in [-0.2, -0.15) is 0 Å². The maximum Gasteiger partial charge on any atom is 0.305 e. The van der Waals surface area contributed by atoms with Gasteiger partial charge in [-0.05, 0) is 24.6 Å². The fourth-order valence-electron chi connectivity index (χ4n) is 2.57. The van der Waals surface area contributed by atoms with Crippen LogP contribution in [0.25, 0.3) is 0 Å². The molecule has 23 heavy (non-hydrogen) atoms. The number of unbranched alkanes of at least 4 members (excludes halogenated alkanes) is 3. The molecular formula is C17H24N2O4. The number of ether oxygens (including phenoxy) is 1. The molecule has 0 atom stereocenters. The predicted octanol–water partition coefficient (Wildman–Crippen LogP) is 2.88. The Hall–Kier alpha value is -2.24. The van der Waals surface area contributed by atoms with Crippen molar-refractivity contribution in [1.29, 1.82) is 0 Å². The molecule has 6 nitrogen and oxygen atoms in total. The second-order valence-electron chi connectivity index (χ2n) is 5.65. The molecule has 1 aromatic rings. The van der Waals surface area contributed by atoms with E-state index in [-0.39, 0.29) is 18.9 Å². The molecule has 126 valence electrons. The van der Waals surface area contributed by atoms with Crippen molar-refractivity contribution in [1.82, 2.24) is 0 Å². The van der Waals surface area contributed by atoms with Crippen LogP contribution >= 0.6 is 0 Å². The Bertz CT molecular complexity index is 560. The Balaban J connectivity index is 2.05. The number of anilines is 2. The second kappa shape index (κ2) is 8.41. The van der Waals surface area contributed by atoms with Gasteiger partial charge in [0.2, 0.25) is 0 Å². The van der Waals surface area contributed by atoms with E-state index < -0.39 is 5.97 Å². The molecule has 0 aliphatic carbocycles. The van der Waals surface area contributed by atoms with Crippen LogP contribution in [0, 0.1) is 0 Å². The largest absolute Gasteiger partial charge is 0.482 e. The molecule has 0 saturated heterocycles. The summed E-state index contributed by atoms with van der Waals surface area (Å²) >= 11 is 0. The van der Waals surface area contributed by atoms with Crippen molar-refractivity contribution in [3.8, 4) is 5.75 Å². The summed E-state index contributed by atoms with van der Waals surface area (Å²) in [7, 11) is 0. The van der Waals surface area contributed by atoms with Gasteiger partial charge in [0.15, 0.2) is 6.61 Å². The van der Waals surface area contributed by atoms with Crippen LogP contribution in [-0.4, -0.2) is 36.7 Å². The standard InChI is InChI=1S/C17H24N2O4/c1-2-3-4-5-10-19-14-11-13(18-9-8-17(21)22)6-7-15(14)23-12-16(19)20/h6-7,11,18H,2-5,8-10,12H2,1H3,(H,21,22). The molecule has 0 fully saturated rings. The van der Waals surface area contributed by atoms with Gasteiger partial charge in [-0.15, -0.1) is 0 Å². The fraction of sp³-hybridized carbons (Fsp3) is 0.529. The molecule has 1 aromatic carbocycles. The lowest BCUT2D eigenvalue weighted by atomic mass is 10.1. The summed E-state index contributed by atoms with van der Waals surface area (Å²) in [6, 6.07) is 5.52. The van der Waals surface area contributed by atoms with Crippen LogP contribution in [0.15, 0.2) is 18.2 Å². The first kappa shape index (κ1) is 17.1. The van der Waals surface area contributed by atoms with Gasteiger partial charge in [0.25, 0.3) is 5.91 Å². The topological polar surface area (TPSA) is 78.9 Å². The van der Waals surface area contributed by atoms with E-state index in [0.717, 1.165) is 30.6 Å². The molecule has 2 rings (SSSR count). The van der Waals surface area contributed by atoms with Crippen LogP contribution in [0.2, 0.25) is 0 Å². The van der Waals surface area contributed by atoms with Gasteiger partial charge in [-0.3, -0.25) is 9.59 Å². The van der Waals surface area contributed by atoms with Crippen molar-refractivity contribution < 1.29 is 19.4 Å². The van der Waals surface area contributed by atoms with E-state index in [1.54, 1.807) is 4.90 Å². The Morgan fingerprint density at radius 2 is 2.17 bits per heavy atom. The van der Waals surface area contributed by atoms with E-state index in [9.17, 15) is 9.59 Å². The zero-order valence-electron chi connectivity index (χ0n) is 13.5. The minimum Gasteiger partial charge on any atom is -0.482 e. The van der Waals surface area contributed by atoms with Gasteiger partial charge >= 0.3 is 5.97 Å². The lowest BCUT2D eigenvalue weighted by Crippen LogP contribution is -2.39. The smallest absolute Gasteiger partial charge is 0.305 e. The third-order valence-electron chi connectivity index (χ3n) is 3.81. The Kier molecular flexibility index (Phi) is 6.26. The number of rotatable bonds is 9. The number of nitrogens with one attached hydrogen (secondary N) is 1. The third-order valence-corrected chi connectivity index (χ3v) is 3.81. The van der Waals surface area contributed by atoms with E-state index in [1.807, 2.05) is 18.2 Å². The lowest BCUT2D eigenvalue weighted by Gasteiger charge is -2.30. The van der Waals surface area contributed by atoms with Gasteiger partial charge in [-0.25, -0.2) is 0 Å². The van der Waals surface area contributed by atoms with E-state index >= 15 is 0 Å². The number of hydrogen-bond donors (Lipinski definition) is 2. The quantitative estimate of drug-likeness (QED) is 0.684. The molecule has 0 bridgehead atoms. The van der Waals surface area contributed by atoms with Crippen molar-refractivity contribution in [2.24, 2.45) is 0 Å². The van der Waals surface area contributed by atoms with Crippen LogP contribution in [0.4, 0.5) is 11.4 Å². The molecule has 0 unspecified atom stereocenters. The number of nitrogens with zero attached hydrogens (tertiary/aromatic N) is 1. The normalized spacial score (nSPS) is 13.4. The number of carbonyl (C=O) groups excluding carboxylic acids is 1. The summed E-state index contributed by atoms with van der Waals surface area (Å²) in [5.41, 5.74) is 1.56. The van der Waals surface area contributed by atoms with Crippen molar-refractivity contribution in [3.63, 3.8) is 0 Å². The number of carboxylic acid groups (broad SMARTS) is 1. The molecule has 0 saturated carbocycles. The molecule has 1 heterocycles. The maximum absolute atomic E-state index is 12.1. The minimum atomic E-state index is -0.841. The number of hydrogen-bond acceptors (Lipinski definition) is 4. The van der Waals surface area contributed by atoms with Gasteiger partial charge in [0, 0.05) is 18.8 Å².